The van der Waals surface area contributed by atoms with Crippen LogP contribution in [0, 0.1) is 0 Å². The molecule has 0 radical (unpaired) electrons. The second kappa shape index (κ2) is 6.49. The van der Waals surface area contributed by atoms with Crippen LogP contribution in [-0.4, -0.2) is 4.98 Å². The van der Waals surface area contributed by atoms with Crippen LogP contribution in [0.4, 0.5) is 0 Å². The third-order valence-electron chi connectivity index (χ3n) is 1.28. The minimum absolute atomic E-state index is 0. The van der Waals surface area contributed by atoms with E-state index in [0.29, 0.717) is 5.15 Å². The van der Waals surface area contributed by atoms with Crippen molar-refractivity contribution < 1.29 is 0 Å². The molecule has 1 atom stereocenters. The maximum atomic E-state index is 5.58. The first-order valence-electron chi connectivity index (χ1n) is 3.07. The molecule has 1 aromatic heterocycles. The van der Waals surface area contributed by atoms with Crippen molar-refractivity contribution in [3.05, 3.63) is 29.0 Å². The smallest absolute Gasteiger partial charge is 0.129 e. The largest absolute Gasteiger partial charge is 0.324 e. The molecule has 70 valence electrons. The molecule has 0 bridgehead atoms. The van der Waals surface area contributed by atoms with Crippen LogP contribution in [0.25, 0.3) is 0 Å². The molecule has 1 aromatic rings. The van der Waals surface area contributed by atoms with E-state index >= 15 is 0 Å². The minimum atomic E-state index is 0. The van der Waals surface area contributed by atoms with E-state index in [1.165, 1.54) is 0 Å². The highest BCUT2D eigenvalue weighted by Crippen LogP contribution is 2.10. The van der Waals surface area contributed by atoms with Crippen molar-refractivity contribution in [2.45, 2.75) is 13.0 Å². The van der Waals surface area contributed by atoms with Crippen molar-refractivity contribution in [2.24, 2.45) is 5.73 Å². The summed E-state index contributed by atoms with van der Waals surface area (Å²) in [6, 6.07) is 3.64. The molecule has 0 aliphatic carbocycles. The molecule has 12 heavy (non-hydrogen) atoms. The van der Waals surface area contributed by atoms with Gasteiger partial charge in [-0.05, 0) is 18.6 Å². The fraction of sp³-hybridized carbons (Fsp3) is 0.286. The molecule has 0 aromatic carbocycles. The van der Waals surface area contributed by atoms with Crippen molar-refractivity contribution in [2.75, 3.05) is 0 Å². The van der Waals surface area contributed by atoms with Gasteiger partial charge in [-0.2, -0.15) is 0 Å². The lowest BCUT2D eigenvalue weighted by Gasteiger charge is -2.02. The summed E-state index contributed by atoms with van der Waals surface area (Å²) in [7, 11) is 0. The Morgan fingerprint density at radius 3 is 2.33 bits per heavy atom. The first-order chi connectivity index (χ1) is 4.70. The highest BCUT2D eigenvalue weighted by atomic mass is 35.5. The lowest BCUT2D eigenvalue weighted by Crippen LogP contribution is -2.04. The standard InChI is InChI=1S/C7H9ClN2.2ClH/c1-5(9)6-2-3-7(8)10-4-6;;/h2-5H,9H2,1H3;2*1H/t5-;;/m1../s1. The van der Waals surface area contributed by atoms with Gasteiger partial charge in [0.2, 0.25) is 0 Å². The van der Waals surface area contributed by atoms with E-state index in [0.717, 1.165) is 5.56 Å². The topological polar surface area (TPSA) is 38.9 Å². The average Bonchev–Trinajstić information content (AvgIpc) is 1.88. The second-order valence-electron chi connectivity index (χ2n) is 2.20. The predicted octanol–water partition coefficient (Wildman–Crippen LogP) is 2.60. The Morgan fingerprint density at radius 1 is 1.42 bits per heavy atom. The molecule has 2 N–H and O–H groups in total. The Hall–Kier alpha value is -0.0200. The Bertz CT molecular complexity index is 210. The molecular weight excluding hydrogens is 218 g/mol. The normalized spacial score (nSPS) is 10.9. The maximum Gasteiger partial charge on any atom is 0.129 e. The molecule has 1 rings (SSSR count). The van der Waals surface area contributed by atoms with Crippen LogP contribution in [0.15, 0.2) is 18.3 Å². The number of nitrogens with zero attached hydrogens (tertiary/aromatic N) is 1. The minimum Gasteiger partial charge on any atom is -0.324 e. The zero-order chi connectivity index (χ0) is 7.56. The number of rotatable bonds is 1. The third kappa shape index (κ3) is 4.12. The van der Waals surface area contributed by atoms with Gasteiger partial charge in [-0.3, -0.25) is 0 Å². The summed E-state index contributed by atoms with van der Waals surface area (Å²) >= 11 is 5.56. The Balaban J connectivity index is 0. The monoisotopic (exact) mass is 228 g/mol. The van der Waals surface area contributed by atoms with E-state index in [1.54, 1.807) is 12.3 Å². The van der Waals surface area contributed by atoms with Crippen molar-refractivity contribution >= 4 is 36.4 Å². The van der Waals surface area contributed by atoms with Crippen LogP contribution in [0.1, 0.15) is 18.5 Å². The van der Waals surface area contributed by atoms with E-state index in [2.05, 4.69) is 4.98 Å². The lowest BCUT2D eigenvalue weighted by atomic mass is 10.2. The van der Waals surface area contributed by atoms with Gasteiger partial charge in [-0.25, -0.2) is 4.98 Å². The molecule has 5 heteroatoms. The second-order valence-corrected chi connectivity index (χ2v) is 2.59. The third-order valence-corrected chi connectivity index (χ3v) is 1.50. The van der Waals surface area contributed by atoms with E-state index in [9.17, 15) is 0 Å². The van der Waals surface area contributed by atoms with Crippen LogP contribution >= 0.6 is 36.4 Å². The van der Waals surface area contributed by atoms with Crippen molar-refractivity contribution in [3.8, 4) is 0 Å². The Morgan fingerprint density at radius 2 is 2.00 bits per heavy atom. The molecule has 0 spiro atoms. The first-order valence-corrected chi connectivity index (χ1v) is 3.45. The predicted molar refractivity (Wildman–Crippen MR) is 56.3 cm³/mol. The van der Waals surface area contributed by atoms with Gasteiger partial charge in [-0.15, -0.1) is 24.8 Å². The average molecular weight is 230 g/mol. The van der Waals surface area contributed by atoms with Crippen LogP contribution in [0.2, 0.25) is 5.15 Å². The molecule has 0 saturated carbocycles. The molecule has 0 unspecified atom stereocenters. The number of nitrogens with two attached hydrogens (primary N) is 1. The molecule has 1 heterocycles. The zero-order valence-corrected chi connectivity index (χ0v) is 8.92. The number of halogens is 3. The lowest BCUT2D eigenvalue weighted by molar-refractivity contribution is 0.812. The number of hydrogen-bond acceptors (Lipinski definition) is 2. The van der Waals surface area contributed by atoms with Gasteiger partial charge in [-0.1, -0.05) is 17.7 Å². The number of pyridine rings is 1. The van der Waals surface area contributed by atoms with Crippen LogP contribution in [-0.2, 0) is 0 Å². The molecular formula is C7H11Cl3N2. The summed E-state index contributed by atoms with van der Waals surface area (Å²) in [5, 5.41) is 0.504. The van der Waals surface area contributed by atoms with E-state index in [4.69, 9.17) is 17.3 Å². The van der Waals surface area contributed by atoms with Gasteiger partial charge < -0.3 is 5.73 Å². The summed E-state index contributed by atoms with van der Waals surface area (Å²) in [6.45, 7) is 1.91. The summed E-state index contributed by atoms with van der Waals surface area (Å²) < 4.78 is 0. The van der Waals surface area contributed by atoms with Crippen LogP contribution < -0.4 is 5.73 Å². The highest BCUT2D eigenvalue weighted by Gasteiger charge is 1.97. The molecule has 0 aliphatic rings. The van der Waals surface area contributed by atoms with Crippen LogP contribution in [0.5, 0.6) is 0 Å². The molecule has 2 nitrogen and oxygen atoms in total. The number of hydrogen-bond donors (Lipinski definition) is 1. The SMILES string of the molecule is C[C@@H](N)c1ccc(Cl)nc1.Cl.Cl. The van der Waals surface area contributed by atoms with Gasteiger partial charge in [0, 0.05) is 12.2 Å². The fourth-order valence-corrected chi connectivity index (χ4v) is 0.768. The summed E-state index contributed by atoms with van der Waals surface area (Å²) in [5.74, 6) is 0. The van der Waals surface area contributed by atoms with Gasteiger partial charge in [0.25, 0.3) is 0 Å². The van der Waals surface area contributed by atoms with E-state index in [1.807, 2.05) is 13.0 Å². The first kappa shape index (κ1) is 14.5. The number of aromatic nitrogens is 1. The quantitative estimate of drug-likeness (QED) is 0.752. The Labute approximate surface area is 89.3 Å². The van der Waals surface area contributed by atoms with Crippen molar-refractivity contribution in [1.82, 2.24) is 4.98 Å². The summed E-state index contributed by atoms with van der Waals surface area (Å²) in [4.78, 5) is 3.89. The molecule has 0 saturated heterocycles. The molecule has 0 fully saturated rings. The molecule has 0 aliphatic heterocycles. The summed E-state index contributed by atoms with van der Waals surface area (Å²) in [6.07, 6.45) is 1.69. The van der Waals surface area contributed by atoms with Crippen LogP contribution in [0.3, 0.4) is 0 Å². The summed E-state index contributed by atoms with van der Waals surface area (Å²) in [5.41, 5.74) is 6.58. The van der Waals surface area contributed by atoms with Gasteiger partial charge in [0.15, 0.2) is 0 Å². The van der Waals surface area contributed by atoms with Gasteiger partial charge in [0.05, 0.1) is 0 Å². The maximum absolute atomic E-state index is 5.58. The van der Waals surface area contributed by atoms with Gasteiger partial charge in [0.1, 0.15) is 5.15 Å². The molecule has 0 amide bonds. The highest BCUT2D eigenvalue weighted by molar-refractivity contribution is 6.29. The van der Waals surface area contributed by atoms with Crippen molar-refractivity contribution in [3.63, 3.8) is 0 Å². The zero-order valence-electron chi connectivity index (χ0n) is 6.53. The fourth-order valence-electron chi connectivity index (χ4n) is 0.657. The van der Waals surface area contributed by atoms with E-state index in [-0.39, 0.29) is 30.9 Å². The van der Waals surface area contributed by atoms with Crippen molar-refractivity contribution in [1.29, 1.82) is 0 Å². The van der Waals surface area contributed by atoms with E-state index < -0.39 is 0 Å². The van der Waals surface area contributed by atoms with Gasteiger partial charge >= 0.3 is 0 Å². The Kier molecular flexibility index (Phi) is 7.84.